The smallest absolute Gasteiger partial charge is 0.259 e. The number of hydrogen-bond donors (Lipinski definition) is 1. The van der Waals surface area contributed by atoms with Crippen molar-refractivity contribution in [2.75, 3.05) is 18.5 Å². The van der Waals surface area contributed by atoms with Crippen LogP contribution in [0.1, 0.15) is 15.9 Å². The number of anilines is 1. The lowest BCUT2D eigenvalue weighted by molar-refractivity contribution is 0.101. The van der Waals surface area contributed by atoms with Gasteiger partial charge in [-0.2, -0.15) is 0 Å². The highest BCUT2D eigenvalue weighted by Gasteiger charge is 2.20. The fraction of sp³-hybridized carbons (Fsp3) is 0.188. The summed E-state index contributed by atoms with van der Waals surface area (Å²) < 4.78 is 11.9. The number of rotatable bonds is 2. The molecule has 1 N–H and O–H groups in total. The predicted molar refractivity (Wildman–Crippen MR) is 84.3 cm³/mol. The maximum absolute atomic E-state index is 12.5. The molecule has 0 spiro atoms. The maximum atomic E-state index is 12.5. The van der Waals surface area contributed by atoms with Crippen molar-refractivity contribution < 1.29 is 14.3 Å². The molecular weight excluding hydrogens is 334 g/mol. The summed E-state index contributed by atoms with van der Waals surface area (Å²) >= 11 is 3.45. The summed E-state index contributed by atoms with van der Waals surface area (Å²) in [4.78, 5) is 12.5. The van der Waals surface area contributed by atoms with E-state index in [2.05, 4.69) is 21.2 Å². The van der Waals surface area contributed by atoms with Crippen LogP contribution in [0.4, 0.5) is 5.69 Å². The van der Waals surface area contributed by atoms with Gasteiger partial charge in [0.25, 0.3) is 5.91 Å². The number of fused-ring (bicyclic) bond motifs is 1. The molecule has 0 saturated heterocycles. The van der Waals surface area contributed by atoms with Crippen molar-refractivity contribution in [1.82, 2.24) is 0 Å². The van der Waals surface area contributed by atoms with Crippen molar-refractivity contribution in [1.29, 1.82) is 0 Å². The minimum Gasteiger partial charge on any atom is -0.486 e. The number of ether oxygens (including phenoxy) is 2. The molecule has 0 unspecified atom stereocenters. The van der Waals surface area contributed by atoms with Crippen LogP contribution in [0.3, 0.4) is 0 Å². The van der Waals surface area contributed by atoms with Crippen LogP contribution >= 0.6 is 15.9 Å². The normalized spacial score (nSPS) is 12.9. The van der Waals surface area contributed by atoms with E-state index in [0.29, 0.717) is 30.3 Å². The quantitative estimate of drug-likeness (QED) is 0.899. The lowest BCUT2D eigenvalue weighted by atomic mass is 10.1. The van der Waals surface area contributed by atoms with Gasteiger partial charge in [0.05, 0.1) is 11.3 Å². The zero-order chi connectivity index (χ0) is 14.8. The van der Waals surface area contributed by atoms with E-state index in [4.69, 9.17) is 9.47 Å². The molecule has 0 aromatic heterocycles. The molecule has 0 saturated carbocycles. The molecule has 1 aliphatic rings. The van der Waals surface area contributed by atoms with Crippen molar-refractivity contribution in [2.24, 2.45) is 0 Å². The van der Waals surface area contributed by atoms with Gasteiger partial charge in [-0.1, -0.05) is 12.1 Å². The molecule has 108 valence electrons. The first-order valence-electron chi connectivity index (χ1n) is 6.61. The highest BCUT2D eigenvalue weighted by molar-refractivity contribution is 9.10. The van der Waals surface area contributed by atoms with E-state index < -0.39 is 0 Å². The number of carbonyl (C=O) groups excluding carboxylic acids is 1. The molecule has 0 fully saturated rings. The number of nitrogens with one attached hydrogen (secondary N) is 1. The summed E-state index contributed by atoms with van der Waals surface area (Å²) in [6.45, 7) is 2.95. The second-order valence-corrected chi connectivity index (χ2v) is 5.62. The molecular formula is C16H14BrNO3. The third-order valence-electron chi connectivity index (χ3n) is 3.18. The zero-order valence-electron chi connectivity index (χ0n) is 11.5. The molecule has 0 bridgehead atoms. The lowest BCUT2D eigenvalue weighted by Crippen LogP contribution is -2.20. The molecule has 0 radical (unpaired) electrons. The van der Waals surface area contributed by atoms with Crippen LogP contribution in [0.5, 0.6) is 11.5 Å². The van der Waals surface area contributed by atoms with Crippen molar-refractivity contribution in [2.45, 2.75) is 6.92 Å². The Labute approximate surface area is 131 Å². The van der Waals surface area contributed by atoms with Gasteiger partial charge in [0, 0.05) is 4.47 Å². The lowest BCUT2D eigenvalue weighted by Gasteiger charge is -2.20. The number of halogens is 1. The Morgan fingerprint density at radius 1 is 1.19 bits per heavy atom. The van der Waals surface area contributed by atoms with E-state index in [1.165, 1.54) is 0 Å². The SMILES string of the molecule is Cc1ccc(NC(=O)c2cccc3c2OCCO3)c(Br)c1. The van der Waals surface area contributed by atoms with E-state index in [1.54, 1.807) is 18.2 Å². The van der Waals surface area contributed by atoms with Crippen molar-refractivity contribution in [3.05, 3.63) is 52.0 Å². The second-order valence-electron chi connectivity index (χ2n) is 4.77. The Morgan fingerprint density at radius 2 is 2.00 bits per heavy atom. The van der Waals surface area contributed by atoms with Crippen molar-refractivity contribution >= 4 is 27.5 Å². The van der Waals surface area contributed by atoms with Crippen LogP contribution in [-0.2, 0) is 0 Å². The molecule has 1 amide bonds. The molecule has 1 heterocycles. The predicted octanol–water partition coefficient (Wildman–Crippen LogP) is 3.78. The maximum Gasteiger partial charge on any atom is 0.259 e. The Bertz CT molecular complexity index is 700. The average molecular weight is 348 g/mol. The topological polar surface area (TPSA) is 47.6 Å². The first-order chi connectivity index (χ1) is 10.1. The zero-order valence-corrected chi connectivity index (χ0v) is 13.1. The standard InChI is InChI=1S/C16H14BrNO3/c1-10-5-6-13(12(17)9-10)18-16(19)11-3-2-4-14-15(11)21-8-7-20-14/h2-6,9H,7-8H2,1H3,(H,18,19). The average Bonchev–Trinajstić information content (AvgIpc) is 2.49. The summed E-state index contributed by atoms with van der Waals surface area (Å²) in [5, 5.41) is 2.88. The monoisotopic (exact) mass is 347 g/mol. The Morgan fingerprint density at radius 3 is 2.81 bits per heavy atom. The van der Waals surface area contributed by atoms with E-state index in [-0.39, 0.29) is 5.91 Å². The Kier molecular flexibility index (Phi) is 3.84. The highest BCUT2D eigenvalue weighted by Crippen LogP contribution is 2.34. The largest absolute Gasteiger partial charge is 0.486 e. The van der Waals surface area contributed by atoms with Crippen LogP contribution in [0.2, 0.25) is 0 Å². The minimum absolute atomic E-state index is 0.220. The van der Waals surface area contributed by atoms with Crippen LogP contribution in [0.25, 0.3) is 0 Å². The van der Waals surface area contributed by atoms with Gasteiger partial charge in [-0.15, -0.1) is 0 Å². The minimum atomic E-state index is -0.220. The fourth-order valence-electron chi connectivity index (χ4n) is 2.16. The number of carbonyl (C=O) groups is 1. The second kappa shape index (κ2) is 5.77. The molecule has 21 heavy (non-hydrogen) atoms. The molecule has 2 aromatic rings. The van der Waals surface area contributed by atoms with Crippen molar-refractivity contribution in [3.8, 4) is 11.5 Å². The number of hydrogen-bond acceptors (Lipinski definition) is 3. The molecule has 3 rings (SSSR count). The third kappa shape index (κ3) is 2.88. The van der Waals surface area contributed by atoms with Gasteiger partial charge >= 0.3 is 0 Å². The van der Waals surface area contributed by atoms with Gasteiger partial charge < -0.3 is 14.8 Å². The summed E-state index contributed by atoms with van der Waals surface area (Å²) in [7, 11) is 0. The summed E-state index contributed by atoms with van der Waals surface area (Å²) in [6.07, 6.45) is 0. The van der Waals surface area contributed by atoms with E-state index in [0.717, 1.165) is 15.7 Å². The number of aryl methyl sites for hydroxylation is 1. The van der Waals surface area contributed by atoms with Crippen molar-refractivity contribution in [3.63, 3.8) is 0 Å². The summed E-state index contributed by atoms with van der Waals surface area (Å²) in [5.74, 6) is 0.892. The first-order valence-corrected chi connectivity index (χ1v) is 7.40. The van der Waals surface area contributed by atoms with Gasteiger partial charge in [0.2, 0.25) is 0 Å². The number of benzene rings is 2. The molecule has 2 aromatic carbocycles. The third-order valence-corrected chi connectivity index (χ3v) is 3.84. The number of amides is 1. The van der Waals surface area contributed by atoms with Crippen LogP contribution < -0.4 is 14.8 Å². The molecule has 0 atom stereocenters. The van der Waals surface area contributed by atoms with Crippen LogP contribution in [-0.4, -0.2) is 19.1 Å². The highest BCUT2D eigenvalue weighted by atomic mass is 79.9. The van der Waals surface area contributed by atoms with E-state index in [9.17, 15) is 4.79 Å². The van der Waals surface area contributed by atoms with E-state index >= 15 is 0 Å². The van der Waals surface area contributed by atoms with Gasteiger partial charge in [0.1, 0.15) is 13.2 Å². The Balaban J connectivity index is 1.89. The van der Waals surface area contributed by atoms with Crippen LogP contribution in [0.15, 0.2) is 40.9 Å². The van der Waals surface area contributed by atoms with Gasteiger partial charge in [-0.05, 0) is 52.7 Å². The first kappa shape index (κ1) is 13.9. The summed E-state index contributed by atoms with van der Waals surface area (Å²) in [5.41, 5.74) is 2.31. The molecule has 0 aliphatic carbocycles. The molecule has 4 nitrogen and oxygen atoms in total. The van der Waals surface area contributed by atoms with E-state index in [1.807, 2.05) is 25.1 Å². The van der Waals surface area contributed by atoms with Gasteiger partial charge in [-0.3, -0.25) is 4.79 Å². The Hall–Kier alpha value is -2.01. The molecule has 5 heteroatoms. The van der Waals surface area contributed by atoms with Gasteiger partial charge in [0.15, 0.2) is 11.5 Å². The number of para-hydroxylation sites is 1. The van der Waals surface area contributed by atoms with Crippen LogP contribution in [0, 0.1) is 6.92 Å². The van der Waals surface area contributed by atoms with Gasteiger partial charge in [-0.25, -0.2) is 0 Å². The summed E-state index contributed by atoms with van der Waals surface area (Å²) in [6, 6.07) is 11.1. The fourth-order valence-corrected chi connectivity index (χ4v) is 2.76. The molecule has 1 aliphatic heterocycles.